The fraction of sp³-hybridized carbons (Fsp3) is 0.429. The molecule has 2 aromatic rings. The highest BCUT2D eigenvalue weighted by molar-refractivity contribution is 5.79. The summed E-state index contributed by atoms with van der Waals surface area (Å²) >= 11 is 0. The number of aliphatic imine (C=N–C) groups is 1. The third-order valence-electron chi connectivity index (χ3n) is 2.74. The first-order chi connectivity index (χ1) is 10.1. The van der Waals surface area contributed by atoms with Gasteiger partial charge in [0.25, 0.3) is 5.89 Å². The van der Waals surface area contributed by atoms with E-state index >= 15 is 0 Å². The topological polar surface area (TPSA) is 70.6 Å². The van der Waals surface area contributed by atoms with E-state index in [0.717, 1.165) is 5.96 Å². The zero-order valence-electron chi connectivity index (χ0n) is 12.8. The lowest BCUT2D eigenvalue weighted by Gasteiger charge is -2.22. The Labute approximate surface area is 124 Å². The van der Waals surface area contributed by atoms with Crippen LogP contribution in [0.4, 0.5) is 0 Å². The van der Waals surface area contributed by atoms with E-state index in [0.29, 0.717) is 30.4 Å². The van der Waals surface area contributed by atoms with E-state index in [2.05, 4.69) is 20.1 Å². The van der Waals surface area contributed by atoms with Crippen molar-refractivity contribution >= 4 is 5.96 Å². The van der Waals surface area contributed by atoms with Crippen LogP contribution in [0.5, 0.6) is 0 Å². The molecule has 0 aromatic carbocycles. The first-order valence-electron chi connectivity index (χ1n) is 6.71. The lowest BCUT2D eigenvalue weighted by atomic mass is 10.3. The Morgan fingerprint density at radius 3 is 2.57 bits per heavy atom. The number of guanidine groups is 1. The van der Waals surface area contributed by atoms with Gasteiger partial charge in [0.2, 0.25) is 0 Å². The van der Waals surface area contributed by atoms with Gasteiger partial charge in [-0.3, -0.25) is 9.98 Å². The maximum absolute atomic E-state index is 5.21. The second-order valence-corrected chi connectivity index (χ2v) is 4.95. The van der Waals surface area contributed by atoms with Crippen molar-refractivity contribution in [1.29, 1.82) is 0 Å². The zero-order valence-corrected chi connectivity index (χ0v) is 12.8. The third-order valence-corrected chi connectivity index (χ3v) is 2.74. The summed E-state index contributed by atoms with van der Waals surface area (Å²) in [4.78, 5) is 17.0. The van der Waals surface area contributed by atoms with Crippen molar-refractivity contribution in [3.63, 3.8) is 0 Å². The van der Waals surface area contributed by atoms with Crippen LogP contribution in [0.2, 0.25) is 0 Å². The SMILES string of the molecule is CN(C)C(=NCCc1noc(-c2ccccn2)n1)N(C)C. The Morgan fingerprint density at radius 1 is 1.19 bits per heavy atom. The van der Waals surface area contributed by atoms with Gasteiger partial charge in [-0.15, -0.1) is 0 Å². The monoisotopic (exact) mass is 288 g/mol. The van der Waals surface area contributed by atoms with Crippen LogP contribution in [0.15, 0.2) is 33.9 Å². The molecular formula is C14H20N6O. The summed E-state index contributed by atoms with van der Waals surface area (Å²) in [7, 11) is 7.86. The molecule has 7 heteroatoms. The molecule has 2 aromatic heterocycles. The van der Waals surface area contributed by atoms with Crippen LogP contribution in [0.25, 0.3) is 11.6 Å². The average Bonchev–Trinajstić information content (AvgIpc) is 2.92. The number of aromatic nitrogens is 3. The van der Waals surface area contributed by atoms with Gasteiger partial charge in [0.15, 0.2) is 11.8 Å². The second kappa shape index (κ2) is 6.83. The molecule has 0 N–H and O–H groups in total. The van der Waals surface area contributed by atoms with Crippen LogP contribution < -0.4 is 0 Å². The Kier molecular flexibility index (Phi) is 4.86. The summed E-state index contributed by atoms with van der Waals surface area (Å²) in [6, 6.07) is 5.57. The summed E-state index contributed by atoms with van der Waals surface area (Å²) in [5, 5.41) is 3.96. The lowest BCUT2D eigenvalue weighted by molar-refractivity contribution is 0.421. The molecule has 0 aliphatic heterocycles. The largest absolute Gasteiger partial charge is 0.349 e. The van der Waals surface area contributed by atoms with Gasteiger partial charge in [0.05, 0.1) is 0 Å². The Hall–Kier alpha value is -2.44. The molecule has 2 heterocycles. The van der Waals surface area contributed by atoms with E-state index < -0.39 is 0 Å². The minimum atomic E-state index is 0.440. The number of pyridine rings is 1. The summed E-state index contributed by atoms with van der Waals surface area (Å²) in [6.45, 7) is 0.604. The molecule has 0 amide bonds. The summed E-state index contributed by atoms with van der Waals surface area (Å²) in [5.74, 6) is 1.98. The van der Waals surface area contributed by atoms with Gasteiger partial charge in [0, 0.05) is 47.4 Å². The molecule has 0 aliphatic carbocycles. The van der Waals surface area contributed by atoms with Crippen molar-refractivity contribution < 1.29 is 4.52 Å². The number of nitrogens with zero attached hydrogens (tertiary/aromatic N) is 6. The van der Waals surface area contributed by atoms with Crippen molar-refractivity contribution in [3.8, 4) is 11.6 Å². The van der Waals surface area contributed by atoms with Gasteiger partial charge in [-0.25, -0.2) is 0 Å². The van der Waals surface area contributed by atoms with Crippen molar-refractivity contribution in [2.45, 2.75) is 6.42 Å². The van der Waals surface area contributed by atoms with Gasteiger partial charge in [-0.2, -0.15) is 4.98 Å². The molecule has 0 radical (unpaired) electrons. The first-order valence-corrected chi connectivity index (χ1v) is 6.71. The van der Waals surface area contributed by atoms with Gasteiger partial charge >= 0.3 is 0 Å². The summed E-state index contributed by atoms with van der Waals surface area (Å²) in [6.07, 6.45) is 2.32. The predicted octanol–water partition coefficient (Wildman–Crippen LogP) is 1.15. The molecule has 112 valence electrons. The zero-order chi connectivity index (χ0) is 15.2. The van der Waals surface area contributed by atoms with Crippen LogP contribution in [0.1, 0.15) is 5.82 Å². The molecule has 0 unspecified atom stereocenters. The molecule has 2 rings (SSSR count). The van der Waals surface area contributed by atoms with Gasteiger partial charge in [-0.05, 0) is 12.1 Å². The molecule has 0 spiro atoms. The van der Waals surface area contributed by atoms with E-state index in [4.69, 9.17) is 4.52 Å². The smallest absolute Gasteiger partial charge is 0.276 e. The highest BCUT2D eigenvalue weighted by atomic mass is 16.5. The molecule has 0 saturated carbocycles. The molecular weight excluding hydrogens is 268 g/mol. The molecule has 0 atom stereocenters. The van der Waals surface area contributed by atoms with E-state index in [1.54, 1.807) is 6.20 Å². The van der Waals surface area contributed by atoms with Crippen molar-refractivity contribution in [2.24, 2.45) is 4.99 Å². The van der Waals surface area contributed by atoms with Gasteiger partial charge in [-0.1, -0.05) is 11.2 Å². The Balaban J connectivity index is 1.99. The van der Waals surface area contributed by atoms with E-state index in [9.17, 15) is 0 Å². The van der Waals surface area contributed by atoms with Crippen LogP contribution in [0, 0.1) is 0 Å². The number of rotatable bonds is 4. The van der Waals surface area contributed by atoms with Gasteiger partial charge in [0.1, 0.15) is 5.69 Å². The van der Waals surface area contributed by atoms with Gasteiger partial charge < -0.3 is 14.3 Å². The molecule has 0 fully saturated rings. The Bertz CT molecular complexity index is 581. The normalized spacial score (nSPS) is 10.3. The molecule has 7 nitrogen and oxygen atoms in total. The second-order valence-electron chi connectivity index (χ2n) is 4.95. The van der Waals surface area contributed by atoms with Crippen LogP contribution in [0.3, 0.4) is 0 Å². The minimum Gasteiger partial charge on any atom is -0.349 e. The quantitative estimate of drug-likeness (QED) is 0.621. The molecule has 0 aliphatic rings. The van der Waals surface area contributed by atoms with Crippen LogP contribution in [-0.4, -0.2) is 65.6 Å². The highest BCUT2D eigenvalue weighted by Crippen LogP contribution is 2.13. The summed E-state index contributed by atoms with van der Waals surface area (Å²) < 4.78 is 5.21. The first kappa shape index (κ1) is 15.0. The summed E-state index contributed by atoms with van der Waals surface area (Å²) in [5.41, 5.74) is 0.682. The standard InChI is InChI=1S/C14H20N6O/c1-19(2)14(20(3)4)16-10-8-12-17-13(21-18-12)11-7-5-6-9-15-11/h5-7,9H,8,10H2,1-4H3. The lowest BCUT2D eigenvalue weighted by Crippen LogP contribution is -2.35. The number of hydrogen-bond donors (Lipinski definition) is 0. The minimum absolute atomic E-state index is 0.440. The van der Waals surface area contributed by atoms with Crippen molar-refractivity contribution in [2.75, 3.05) is 34.7 Å². The fourth-order valence-electron chi connectivity index (χ4n) is 1.89. The van der Waals surface area contributed by atoms with Crippen LogP contribution >= 0.6 is 0 Å². The molecule has 21 heavy (non-hydrogen) atoms. The van der Waals surface area contributed by atoms with Crippen molar-refractivity contribution in [3.05, 3.63) is 30.2 Å². The fourth-order valence-corrected chi connectivity index (χ4v) is 1.89. The van der Waals surface area contributed by atoms with Crippen molar-refractivity contribution in [1.82, 2.24) is 24.9 Å². The van der Waals surface area contributed by atoms with E-state index in [-0.39, 0.29) is 0 Å². The van der Waals surface area contributed by atoms with E-state index in [1.165, 1.54) is 0 Å². The third kappa shape index (κ3) is 4.01. The predicted molar refractivity (Wildman–Crippen MR) is 80.9 cm³/mol. The number of hydrogen-bond acceptors (Lipinski definition) is 5. The van der Waals surface area contributed by atoms with E-state index in [1.807, 2.05) is 56.2 Å². The molecule has 0 saturated heterocycles. The highest BCUT2D eigenvalue weighted by Gasteiger charge is 2.09. The average molecular weight is 288 g/mol. The maximum Gasteiger partial charge on any atom is 0.276 e. The van der Waals surface area contributed by atoms with Crippen LogP contribution in [-0.2, 0) is 6.42 Å². The molecule has 0 bridgehead atoms. The maximum atomic E-state index is 5.21. The Morgan fingerprint density at radius 2 is 1.95 bits per heavy atom.